The second-order valence-electron chi connectivity index (χ2n) is 4.41. The molecule has 1 aromatic carbocycles. The van der Waals surface area contributed by atoms with Crippen molar-refractivity contribution in [2.45, 2.75) is 13.0 Å². The second-order valence-corrected chi connectivity index (χ2v) is 5.44. The summed E-state index contributed by atoms with van der Waals surface area (Å²) >= 11 is 1.18. The van der Waals surface area contributed by atoms with Crippen molar-refractivity contribution in [3.63, 3.8) is 0 Å². The molecule has 0 radical (unpaired) electrons. The number of halogens is 3. The van der Waals surface area contributed by atoms with Crippen LogP contribution in [0.3, 0.4) is 0 Å². The minimum absolute atomic E-state index is 0. The smallest absolute Gasteiger partial charge is 0.263 e. The van der Waals surface area contributed by atoms with Crippen molar-refractivity contribution in [3.05, 3.63) is 41.2 Å². The zero-order valence-corrected chi connectivity index (χ0v) is 14.6. The summed E-state index contributed by atoms with van der Waals surface area (Å²) in [5.41, 5.74) is 0.417. The Morgan fingerprint density at radius 2 is 2.05 bits per heavy atom. The van der Waals surface area contributed by atoms with Gasteiger partial charge in [-0.15, -0.1) is 36.2 Å². The molecule has 2 aromatic rings. The Morgan fingerprint density at radius 3 is 2.68 bits per heavy atom. The maximum absolute atomic E-state index is 13.6. The van der Waals surface area contributed by atoms with E-state index in [1.54, 1.807) is 18.2 Å². The highest BCUT2D eigenvalue weighted by molar-refractivity contribution is 7.16. The van der Waals surface area contributed by atoms with Crippen molar-refractivity contribution in [1.82, 2.24) is 15.6 Å². The van der Waals surface area contributed by atoms with Gasteiger partial charge < -0.3 is 10.6 Å². The van der Waals surface area contributed by atoms with E-state index in [2.05, 4.69) is 15.6 Å². The minimum atomic E-state index is -0.336. The summed E-state index contributed by atoms with van der Waals surface area (Å²) in [6.07, 6.45) is 1.48. The van der Waals surface area contributed by atoms with Crippen molar-refractivity contribution in [1.29, 1.82) is 0 Å². The van der Waals surface area contributed by atoms with Crippen LogP contribution in [-0.4, -0.2) is 30.5 Å². The van der Waals surface area contributed by atoms with E-state index in [0.717, 1.165) is 0 Å². The number of amides is 1. The number of nitrogens with zero attached hydrogens (tertiary/aromatic N) is 1. The van der Waals surface area contributed by atoms with Crippen LogP contribution in [0.4, 0.5) is 4.39 Å². The predicted molar refractivity (Wildman–Crippen MR) is 92.9 cm³/mol. The van der Waals surface area contributed by atoms with E-state index in [-0.39, 0.29) is 42.6 Å². The number of carbonyl (C=O) groups excluding carboxylic acids is 1. The van der Waals surface area contributed by atoms with Crippen molar-refractivity contribution in [2.75, 3.05) is 13.6 Å². The molecule has 0 saturated heterocycles. The normalized spacial score (nSPS) is 11.0. The molecule has 0 bridgehead atoms. The molecule has 2 rings (SSSR count). The molecule has 0 spiro atoms. The minimum Gasteiger partial charge on any atom is -0.350 e. The summed E-state index contributed by atoms with van der Waals surface area (Å²) in [4.78, 5) is 16.5. The number of hydrogen-bond donors (Lipinski definition) is 2. The zero-order chi connectivity index (χ0) is 14.5. The molecule has 0 aliphatic rings. The fourth-order valence-electron chi connectivity index (χ4n) is 1.57. The number of likely N-dealkylation sites (N-methyl/N-ethyl adjacent to an activating group) is 1. The number of rotatable bonds is 5. The molecule has 0 saturated carbocycles. The fourth-order valence-corrected chi connectivity index (χ4v) is 2.43. The Bertz CT molecular complexity index is 609. The summed E-state index contributed by atoms with van der Waals surface area (Å²) < 4.78 is 13.6. The Morgan fingerprint density at radius 1 is 1.36 bits per heavy atom. The van der Waals surface area contributed by atoms with Gasteiger partial charge in [0, 0.05) is 18.2 Å². The van der Waals surface area contributed by atoms with Gasteiger partial charge in [0.15, 0.2) is 0 Å². The molecular formula is C14H18Cl2FN3OS. The molecule has 0 fully saturated rings. The van der Waals surface area contributed by atoms with E-state index >= 15 is 0 Å². The first kappa shape index (κ1) is 20.8. The lowest BCUT2D eigenvalue weighted by Crippen LogP contribution is -2.36. The van der Waals surface area contributed by atoms with E-state index in [0.29, 0.717) is 22.0 Å². The first-order valence-electron chi connectivity index (χ1n) is 6.28. The highest BCUT2D eigenvalue weighted by Crippen LogP contribution is 2.27. The molecule has 1 aromatic heterocycles. The summed E-state index contributed by atoms with van der Waals surface area (Å²) in [5.74, 6) is -0.523. The third-order valence-corrected chi connectivity index (χ3v) is 3.92. The third kappa shape index (κ3) is 5.21. The van der Waals surface area contributed by atoms with Crippen LogP contribution in [0, 0.1) is 5.82 Å². The molecule has 122 valence electrons. The van der Waals surface area contributed by atoms with Crippen molar-refractivity contribution in [2.24, 2.45) is 0 Å². The van der Waals surface area contributed by atoms with Crippen molar-refractivity contribution >= 4 is 42.1 Å². The number of hydrogen-bond acceptors (Lipinski definition) is 4. The Labute approximate surface area is 145 Å². The van der Waals surface area contributed by atoms with Gasteiger partial charge in [-0.3, -0.25) is 4.79 Å². The first-order valence-corrected chi connectivity index (χ1v) is 7.09. The summed E-state index contributed by atoms with van der Waals surface area (Å²) in [5, 5.41) is 6.35. The van der Waals surface area contributed by atoms with Gasteiger partial charge in [0.25, 0.3) is 5.91 Å². The zero-order valence-electron chi connectivity index (χ0n) is 12.1. The van der Waals surface area contributed by atoms with Gasteiger partial charge in [-0.05, 0) is 26.1 Å². The lowest BCUT2D eigenvalue weighted by atomic mass is 10.2. The average molecular weight is 366 g/mol. The number of thiazole rings is 1. The van der Waals surface area contributed by atoms with Gasteiger partial charge in [0.1, 0.15) is 15.7 Å². The number of aromatic nitrogens is 1. The lowest BCUT2D eigenvalue weighted by Gasteiger charge is -2.10. The Balaban J connectivity index is 0.00000220. The number of nitrogens with one attached hydrogen (secondary N) is 2. The first-order chi connectivity index (χ1) is 9.61. The van der Waals surface area contributed by atoms with E-state index in [1.165, 1.54) is 23.6 Å². The summed E-state index contributed by atoms with van der Waals surface area (Å²) in [6.45, 7) is 2.50. The van der Waals surface area contributed by atoms with Gasteiger partial charge in [0.05, 0.1) is 6.20 Å². The largest absolute Gasteiger partial charge is 0.350 e. The van der Waals surface area contributed by atoms with Crippen LogP contribution in [0.25, 0.3) is 10.6 Å². The molecule has 0 aliphatic carbocycles. The van der Waals surface area contributed by atoms with Crippen molar-refractivity contribution in [3.8, 4) is 10.6 Å². The Kier molecular flexibility index (Phi) is 9.20. The molecule has 8 heteroatoms. The highest BCUT2D eigenvalue weighted by atomic mass is 35.5. The number of benzene rings is 1. The van der Waals surface area contributed by atoms with Crippen LogP contribution in [0.2, 0.25) is 0 Å². The number of carbonyl (C=O) groups is 1. The molecular weight excluding hydrogens is 348 g/mol. The van der Waals surface area contributed by atoms with Crippen LogP contribution in [0.5, 0.6) is 0 Å². The van der Waals surface area contributed by atoms with E-state index in [4.69, 9.17) is 0 Å². The molecule has 0 aliphatic heterocycles. The monoisotopic (exact) mass is 365 g/mol. The molecule has 1 atom stereocenters. The highest BCUT2D eigenvalue weighted by Gasteiger charge is 2.14. The predicted octanol–water partition coefficient (Wildman–Crippen LogP) is 3.13. The lowest BCUT2D eigenvalue weighted by molar-refractivity contribution is 0.0954. The van der Waals surface area contributed by atoms with Crippen LogP contribution >= 0.6 is 36.2 Å². The molecule has 4 nitrogen and oxygen atoms in total. The maximum Gasteiger partial charge on any atom is 0.263 e. The maximum atomic E-state index is 13.6. The molecule has 1 unspecified atom stereocenters. The molecule has 2 N–H and O–H groups in total. The van der Waals surface area contributed by atoms with Gasteiger partial charge in [0.2, 0.25) is 0 Å². The van der Waals surface area contributed by atoms with Crippen LogP contribution < -0.4 is 10.6 Å². The topological polar surface area (TPSA) is 54.0 Å². The average Bonchev–Trinajstić information content (AvgIpc) is 2.94. The van der Waals surface area contributed by atoms with E-state index < -0.39 is 0 Å². The van der Waals surface area contributed by atoms with E-state index in [1.807, 2.05) is 14.0 Å². The van der Waals surface area contributed by atoms with Crippen molar-refractivity contribution < 1.29 is 9.18 Å². The summed E-state index contributed by atoms with van der Waals surface area (Å²) in [7, 11) is 1.83. The van der Waals surface area contributed by atoms with Gasteiger partial charge >= 0.3 is 0 Å². The second kappa shape index (κ2) is 9.74. The molecule has 22 heavy (non-hydrogen) atoms. The van der Waals surface area contributed by atoms with Crippen LogP contribution in [0.1, 0.15) is 16.6 Å². The fraction of sp³-hybridized carbons (Fsp3) is 0.286. The Hall–Kier alpha value is -1.21. The van der Waals surface area contributed by atoms with E-state index in [9.17, 15) is 9.18 Å². The quantitative estimate of drug-likeness (QED) is 0.855. The summed E-state index contributed by atoms with van der Waals surface area (Å²) in [6, 6.07) is 6.59. The van der Waals surface area contributed by atoms with Gasteiger partial charge in [-0.2, -0.15) is 0 Å². The van der Waals surface area contributed by atoms with Crippen LogP contribution in [0.15, 0.2) is 30.5 Å². The standard InChI is InChI=1S/C14H16FN3OS.2ClH/c1-9(16-2)7-17-13(19)12-8-18-14(20-12)10-5-3-4-6-11(10)15;;/h3-6,8-9,16H,7H2,1-2H3,(H,17,19);2*1H. The third-order valence-electron chi connectivity index (χ3n) is 2.90. The molecule has 1 heterocycles. The SMILES string of the molecule is CNC(C)CNC(=O)c1cnc(-c2ccccc2F)s1.Cl.Cl. The molecule has 1 amide bonds. The van der Waals surface area contributed by atoms with Crippen LogP contribution in [-0.2, 0) is 0 Å². The van der Waals surface area contributed by atoms with Gasteiger partial charge in [-0.1, -0.05) is 12.1 Å². The van der Waals surface area contributed by atoms with Gasteiger partial charge in [-0.25, -0.2) is 9.37 Å².